The lowest BCUT2D eigenvalue weighted by Crippen LogP contribution is -2.38. The molecule has 5 heterocycles. The quantitative estimate of drug-likeness (QED) is 0.267. The Morgan fingerprint density at radius 1 is 1.00 bits per heavy atom. The van der Waals surface area contributed by atoms with Crippen molar-refractivity contribution in [1.82, 2.24) is 25.0 Å². The summed E-state index contributed by atoms with van der Waals surface area (Å²) in [6, 6.07) is 19.1. The van der Waals surface area contributed by atoms with Crippen LogP contribution in [0.4, 0.5) is 0 Å². The summed E-state index contributed by atoms with van der Waals surface area (Å²) in [5.74, 6) is 0.0516. The first kappa shape index (κ1) is 25.4. The van der Waals surface area contributed by atoms with Crippen LogP contribution in [0.2, 0.25) is 0 Å². The van der Waals surface area contributed by atoms with Gasteiger partial charge in [0.2, 0.25) is 11.8 Å². The van der Waals surface area contributed by atoms with Gasteiger partial charge in [-0.25, -0.2) is 4.98 Å². The van der Waals surface area contributed by atoms with Crippen LogP contribution in [0.25, 0.3) is 43.7 Å². The summed E-state index contributed by atoms with van der Waals surface area (Å²) in [5, 5.41) is 11.0. The Bertz CT molecular complexity index is 1800. The van der Waals surface area contributed by atoms with E-state index in [0.29, 0.717) is 26.1 Å². The van der Waals surface area contributed by atoms with Crippen molar-refractivity contribution in [3.8, 4) is 33.6 Å². The maximum Gasteiger partial charge on any atom is 0.245 e. The van der Waals surface area contributed by atoms with Crippen molar-refractivity contribution in [2.45, 2.75) is 31.8 Å². The van der Waals surface area contributed by atoms with E-state index in [9.17, 15) is 9.59 Å². The number of carbonyl (C=O) groups is 2. The normalized spacial score (nSPS) is 15.5. The molecule has 41 heavy (non-hydrogen) atoms. The highest BCUT2D eigenvalue weighted by Gasteiger charge is 2.25. The molecule has 2 aliphatic heterocycles. The summed E-state index contributed by atoms with van der Waals surface area (Å²) in [6.45, 7) is 5.55. The van der Waals surface area contributed by atoms with Gasteiger partial charge in [0.05, 0.1) is 30.0 Å². The molecule has 5 aromatic rings. The van der Waals surface area contributed by atoms with Gasteiger partial charge in [-0.3, -0.25) is 14.3 Å². The molecule has 2 amide bonds. The van der Waals surface area contributed by atoms with E-state index in [-0.39, 0.29) is 17.9 Å². The molecule has 2 aromatic carbocycles. The van der Waals surface area contributed by atoms with Crippen molar-refractivity contribution in [1.29, 1.82) is 0 Å². The Hall–Kier alpha value is -4.56. The zero-order valence-corrected chi connectivity index (χ0v) is 23.4. The topological polar surface area (TPSA) is 80.1 Å². The largest absolute Gasteiger partial charge is 0.352 e. The minimum atomic E-state index is -0.0114. The number of likely N-dealkylation sites (tertiary alicyclic amines) is 1. The number of thiophene rings is 1. The number of piperidine rings is 1. The van der Waals surface area contributed by atoms with Gasteiger partial charge in [-0.2, -0.15) is 5.10 Å². The fraction of sp³-hybridized carbons (Fsp3) is 0.212. The second kappa shape index (κ2) is 10.4. The molecule has 204 valence electrons. The second-order valence-electron chi connectivity index (χ2n) is 10.6. The van der Waals surface area contributed by atoms with Crippen molar-refractivity contribution in [2.24, 2.45) is 0 Å². The Morgan fingerprint density at radius 3 is 2.63 bits per heavy atom. The third kappa shape index (κ3) is 4.64. The fourth-order valence-electron chi connectivity index (χ4n) is 6.01. The number of benzene rings is 2. The van der Waals surface area contributed by atoms with E-state index in [2.05, 4.69) is 72.0 Å². The number of hydrogen-bond donors (Lipinski definition) is 1. The molecule has 8 heteroatoms. The van der Waals surface area contributed by atoms with E-state index in [0.717, 1.165) is 63.0 Å². The maximum absolute atomic E-state index is 12.1. The minimum Gasteiger partial charge on any atom is -0.352 e. The molecular formula is C33H29N5O2S. The van der Waals surface area contributed by atoms with E-state index in [1.54, 1.807) is 11.3 Å². The summed E-state index contributed by atoms with van der Waals surface area (Å²) in [6.07, 6.45) is 7.52. The molecule has 0 radical (unpaired) electrons. The number of hydrogen-bond acceptors (Lipinski definition) is 5. The number of nitrogens with zero attached hydrogens (tertiary/aromatic N) is 4. The number of nitrogens with one attached hydrogen (secondary N) is 1. The molecule has 1 N–H and O–H groups in total. The highest BCUT2D eigenvalue weighted by atomic mass is 32.1. The summed E-state index contributed by atoms with van der Waals surface area (Å²) in [5.41, 5.74) is 8.27. The lowest BCUT2D eigenvalue weighted by atomic mass is 9.94. The number of amides is 2. The summed E-state index contributed by atoms with van der Waals surface area (Å²) in [4.78, 5) is 31.2. The molecule has 0 bridgehead atoms. The molecule has 7 nitrogen and oxygen atoms in total. The molecule has 0 unspecified atom stereocenters. The third-order valence-corrected chi connectivity index (χ3v) is 9.11. The van der Waals surface area contributed by atoms with E-state index in [1.165, 1.54) is 10.8 Å². The predicted octanol–water partition coefficient (Wildman–Crippen LogP) is 6.02. The van der Waals surface area contributed by atoms with Crippen LogP contribution in [0.15, 0.2) is 85.0 Å². The average Bonchev–Trinajstić information content (AvgIpc) is 3.71. The van der Waals surface area contributed by atoms with Gasteiger partial charge >= 0.3 is 0 Å². The number of pyridine rings is 1. The molecular weight excluding hydrogens is 530 g/mol. The van der Waals surface area contributed by atoms with Gasteiger partial charge in [-0.05, 0) is 53.1 Å². The van der Waals surface area contributed by atoms with Crippen LogP contribution in [0.1, 0.15) is 30.0 Å². The zero-order valence-electron chi connectivity index (χ0n) is 22.5. The Balaban J connectivity index is 1.33. The Kier molecular flexibility index (Phi) is 6.47. The fourth-order valence-corrected chi connectivity index (χ4v) is 6.97. The van der Waals surface area contributed by atoms with Gasteiger partial charge in [0, 0.05) is 52.6 Å². The summed E-state index contributed by atoms with van der Waals surface area (Å²) in [7, 11) is 0. The van der Waals surface area contributed by atoms with Crippen LogP contribution in [0.3, 0.4) is 0 Å². The van der Waals surface area contributed by atoms with E-state index < -0.39 is 0 Å². The van der Waals surface area contributed by atoms with Crippen LogP contribution in [-0.4, -0.2) is 44.6 Å². The third-order valence-electron chi connectivity index (χ3n) is 8.18. The number of fused-ring (bicyclic) bond motifs is 2. The van der Waals surface area contributed by atoms with Gasteiger partial charge < -0.3 is 10.2 Å². The summed E-state index contributed by atoms with van der Waals surface area (Å²) < 4.78 is 3.23. The van der Waals surface area contributed by atoms with E-state index >= 15 is 0 Å². The molecule has 1 saturated heterocycles. The first-order valence-electron chi connectivity index (χ1n) is 13.9. The molecule has 2 aliphatic rings. The second-order valence-corrected chi connectivity index (χ2v) is 11.5. The SMILES string of the molecule is C=CC(=O)N1CCC(n2cc(-c3nc(-c4ccc5c(c4)CNC(=O)C5)c4ccsc4c3-c3ccccc3)cn2)CC1. The Morgan fingerprint density at radius 2 is 1.83 bits per heavy atom. The van der Waals surface area contributed by atoms with Crippen LogP contribution in [0, 0.1) is 0 Å². The number of aromatic nitrogens is 3. The van der Waals surface area contributed by atoms with Crippen LogP contribution in [-0.2, 0) is 22.6 Å². The molecule has 0 spiro atoms. The summed E-state index contributed by atoms with van der Waals surface area (Å²) >= 11 is 1.73. The first-order valence-corrected chi connectivity index (χ1v) is 14.8. The predicted molar refractivity (Wildman–Crippen MR) is 162 cm³/mol. The number of rotatable bonds is 5. The smallest absolute Gasteiger partial charge is 0.245 e. The van der Waals surface area contributed by atoms with E-state index in [1.807, 2.05) is 21.8 Å². The lowest BCUT2D eigenvalue weighted by Gasteiger charge is -2.31. The van der Waals surface area contributed by atoms with Gasteiger partial charge in [0.1, 0.15) is 0 Å². The van der Waals surface area contributed by atoms with Crippen molar-refractivity contribution >= 4 is 33.2 Å². The molecule has 3 aromatic heterocycles. The molecule has 7 rings (SSSR count). The molecule has 1 fully saturated rings. The van der Waals surface area contributed by atoms with Crippen LogP contribution < -0.4 is 5.32 Å². The molecule has 0 saturated carbocycles. The van der Waals surface area contributed by atoms with E-state index in [4.69, 9.17) is 10.1 Å². The van der Waals surface area contributed by atoms with Gasteiger partial charge in [-0.1, -0.05) is 49.0 Å². The first-order chi connectivity index (χ1) is 20.1. The van der Waals surface area contributed by atoms with Gasteiger partial charge in [-0.15, -0.1) is 11.3 Å². The van der Waals surface area contributed by atoms with Gasteiger partial charge in [0.25, 0.3) is 0 Å². The van der Waals surface area contributed by atoms with Crippen LogP contribution in [0.5, 0.6) is 0 Å². The van der Waals surface area contributed by atoms with Crippen molar-refractivity contribution in [3.05, 3.63) is 96.2 Å². The highest BCUT2D eigenvalue weighted by molar-refractivity contribution is 7.18. The maximum atomic E-state index is 12.1. The standard InChI is InChI=1S/C33H29N5O2S/c1-2-29(40)37-13-10-26(11-14-37)38-20-25(19-35-38)32-30(21-6-4-3-5-7-21)33-27(12-15-41-33)31(36-32)23-9-8-22-17-28(39)34-18-24(22)16-23/h2-9,12,15-16,19-20,26H,1,10-11,13-14,17-18H2,(H,34,39). The average molecular weight is 560 g/mol. The van der Waals surface area contributed by atoms with Crippen LogP contribution >= 0.6 is 11.3 Å². The lowest BCUT2D eigenvalue weighted by molar-refractivity contribution is -0.127. The Labute approximate surface area is 242 Å². The number of carbonyl (C=O) groups excluding carboxylic acids is 2. The monoisotopic (exact) mass is 559 g/mol. The van der Waals surface area contributed by atoms with Gasteiger partial charge in [0.15, 0.2) is 0 Å². The zero-order chi connectivity index (χ0) is 27.9. The highest BCUT2D eigenvalue weighted by Crippen LogP contribution is 2.43. The van der Waals surface area contributed by atoms with Crippen molar-refractivity contribution in [2.75, 3.05) is 13.1 Å². The molecule has 0 atom stereocenters. The van der Waals surface area contributed by atoms with Crippen molar-refractivity contribution in [3.63, 3.8) is 0 Å². The van der Waals surface area contributed by atoms with Crippen molar-refractivity contribution < 1.29 is 9.59 Å². The molecule has 0 aliphatic carbocycles. The minimum absolute atomic E-state index is 0.0114.